The van der Waals surface area contributed by atoms with Gasteiger partial charge in [0.15, 0.2) is 0 Å². The van der Waals surface area contributed by atoms with Crippen LogP contribution in [0.25, 0.3) is 0 Å². The molecule has 0 aromatic heterocycles. The number of amides is 2. The molecule has 2 atom stereocenters. The van der Waals surface area contributed by atoms with Crippen molar-refractivity contribution in [2.24, 2.45) is 5.92 Å². The topological polar surface area (TPSA) is 71.6 Å². The molecule has 2 aliphatic rings. The third-order valence-corrected chi connectivity index (χ3v) is 8.12. The maximum absolute atomic E-state index is 14.1. The van der Waals surface area contributed by atoms with E-state index in [1.807, 2.05) is 35.2 Å². The molecule has 2 unspecified atom stereocenters. The molecule has 40 heavy (non-hydrogen) atoms. The second kappa shape index (κ2) is 11.9. The van der Waals surface area contributed by atoms with Crippen LogP contribution >= 0.6 is 0 Å². The molecular weight excluding hydrogens is 506 g/mol. The quantitative estimate of drug-likeness (QED) is 0.444. The van der Waals surface area contributed by atoms with Crippen molar-refractivity contribution in [2.75, 3.05) is 65.5 Å². The number of benzene rings is 3. The number of nitrogens with zero attached hydrogens (tertiary/aromatic N) is 3. The van der Waals surface area contributed by atoms with E-state index in [4.69, 9.17) is 14.2 Å². The standard InChI is InChI=1S/C32H37N3O5/c1-22-8-5-6-11-29(22)33-14-16-34(17-15-33)32(37)28-21-35(31(36)23-9-7-10-24(18-23)38-2)20-27(28)26-19-25(39-3)12-13-30(26)40-4/h5-13,18-19,27-28H,14-17,20-21H2,1-4H3. The Morgan fingerprint density at radius 2 is 1.48 bits per heavy atom. The van der Waals surface area contributed by atoms with Crippen LogP contribution < -0.4 is 19.1 Å². The Bertz CT molecular complexity index is 1370. The van der Waals surface area contributed by atoms with E-state index in [-0.39, 0.29) is 17.7 Å². The molecule has 3 aromatic carbocycles. The summed E-state index contributed by atoms with van der Waals surface area (Å²) in [7, 11) is 4.83. The van der Waals surface area contributed by atoms with Crippen molar-refractivity contribution in [3.05, 3.63) is 83.4 Å². The Morgan fingerprint density at radius 3 is 2.17 bits per heavy atom. The fourth-order valence-corrected chi connectivity index (χ4v) is 5.92. The van der Waals surface area contributed by atoms with Crippen molar-refractivity contribution in [2.45, 2.75) is 12.8 Å². The number of likely N-dealkylation sites (tertiary alicyclic amines) is 1. The summed E-state index contributed by atoms with van der Waals surface area (Å²) in [6, 6.07) is 21.1. The van der Waals surface area contributed by atoms with Gasteiger partial charge in [0.05, 0.1) is 27.2 Å². The summed E-state index contributed by atoms with van der Waals surface area (Å²) in [5, 5.41) is 0. The Labute approximate surface area is 236 Å². The van der Waals surface area contributed by atoms with Crippen molar-refractivity contribution in [3.8, 4) is 17.2 Å². The van der Waals surface area contributed by atoms with Crippen molar-refractivity contribution < 1.29 is 23.8 Å². The fourth-order valence-electron chi connectivity index (χ4n) is 5.92. The van der Waals surface area contributed by atoms with Crippen LogP contribution in [-0.4, -0.2) is 82.2 Å². The maximum atomic E-state index is 14.1. The Morgan fingerprint density at radius 1 is 0.750 bits per heavy atom. The number of anilines is 1. The van der Waals surface area contributed by atoms with Crippen LogP contribution in [0.4, 0.5) is 5.69 Å². The second-order valence-corrected chi connectivity index (χ2v) is 10.4. The number of aryl methyl sites for hydroxylation is 1. The van der Waals surface area contributed by atoms with Crippen LogP contribution in [0, 0.1) is 12.8 Å². The number of carbonyl (C=O) groups is 2. The van der Waals surface area contributed by atoms with Crippen LogP contribution in [0.2, 0.25) is 0 Å². The molecule has 0 radical (unpaired) electrons. The minimum Gasteiger partial charge on any atom is -0.497 e. The lowest BCUT2D eigenvalue weighted by Gasteiger charge is -2.38. The lowest BCUT2D eigenvalue weighted by Crippen LogP contribution is -2.51. The molecule has 3 aromatic rings. The Hall–Kier alpha value is -4.20. The lowest BCUT2D eigenvalue weighted by atomic mass is 9.87. The van der Waals surface area contributed by atoms with Gasteiger partial charge in [-0.25, -0.2) is 0 Å². The smallest absolute Gasteiger partial charge is 0.254 e. The van der Waals surface area contributed by atoms with Crippen LogP contribution in [0.3, 0.4) is 0 Å². The summed E-state index contributed by atoms with van der Waals surface area (Å²) in [6.45, 7) is 5.65. The number of rotatable bonds is 7. The number of methoxy groups -OCH3 is 3. The predicted octanol–water partition coefficient (Wildman–Crippen LogP) is 4.23. The first kappa shape index (κ1) is 27.4. The van der Waals surface area contributed by atoms with E-state index in [0.29, 0.717) is 49.0 Å². The summed E-state index contributed by atoms with van der Waals surface area (Å²) < 4.78 is 16.6. The minimum atomic E-state index is -0.402. The molecule has 8 heteroatoms. The van der Waals surface area contributed by atoms with E-state index in [1.165, 1.54) is 11.3 Å². The second-order valence-electron chi connectivity index (χ2n) is 10.4. The average molecular weight is 544 g/mol. The van der Waals surface area contributed by atoms with Crippen molar-refractivity contribution in [1.82, 2.24) is 9.80 Å². The van der Waals surface area contributed by atoms with E-state index in [9.17, 15) is 9.59 Å². The van der Waals surface area contributed by atoms with Gasteiger partial charge >= 0.3 is 0 Å². The molecule has 210 valence electrons. The third kappa shape index (κ3) is 5.43. The molecule has 2 aliphatic heterocycles. The van der Waals surface area contributed by atoms with Gasteiger partial charge in [0.2, 0.25) is 5.91 Å². The number of carbonyl (C=O) groups excluding carboxylic acids is 2. The largest absolute Gasteiger partial charge is 0.497 e. The average Bonchev–Trinajstić information content (AvgIpc) is 3.45. The zero-order chi connectivity index (χ0) is 28.2. The van der Waals surface area contributed by atoms with Crippen LogP contribution in [0.1, 0.15) is 27.4 Å². The first-order chi connectivity index (χ1) is 19.4. The van der Waals surface area contributed by atoms with Crippen molar-refractivity contribution in [3.63, 3.8) is 0 Å². The van der Waals surface area contributed by atoms with E-state index in [0.717, 1.165) is 18.7 Å². The number of ether oxygens (including phenoxy) is 3. The number of hydrogen-bond donors (Lipinski definition) is 0. The summed E-state index contributed by atoms with van der Waals surface area (Å²) >= 11 is 0. The van der Waals surface area contributed by atoms with Crippen molar-refractivity contribution in [1.29, 1.82) is 0 Å². The normalized spacial score (nSPS) is 18.9. The molecule has 2 heterocycles. The van der Waals surface area contributed by atoms with Gasteiger partial charge in [0, 0.05) is 62.0 Å². The Kier molecular flexibility index (Phi) is 8.14. The monoisotopic (exact) mass is 543 g/mol. The van der Waals surface area contributed by atoms with Crippen molar-refractivity contribution >= 4 is 17.5 Å². The fraction of sp³-hybridized carbons (Fsp3) is 0.375. The SMILES string of the molecule is COc1cccc(C(=O)N2CC(C(=O)N3CCN(c4ccccc4C)CC3)C(c3cc(OC)ccc3OC)C2)c1. The summed E-state index contributed by atoms with van der Waals surface area (Å²) in [4.78, 5) is 33.8. The zero-order valence-electron chi connectivity index (χ0n) is 23.6. The van der Waals surface area contributed by atoms with Gasteiger partial charge < -0.3 is 28.9 Å². The molecule has 0 aliphatic carbocycles. The molecule has 2 amide bonds. The minimum absolute atomic E-state index is 0.0697. The number of piperazine rings is 1. The highest BCUT2D eigenvalue weighted by Gasteiger charge is 2.44. The van der Waals surface area contributed by atoms with Crippen LogP contribution in [-0.2, 0) is 4.79 Å². The molecule has 5 rings (SSSR count). The lowest BCUT2D eigenvalue weighted by molar-refractivity contribution is -0.135. The molecule has 0 spiro atoms. The zero-order valence-corrected chi connectivity index (χ0v) is 23.6. The highest BCUT2D eigenvalue weighted by Crippen LogP contribution is 2.41. The number of hydrogen-bond acceptors (Lipinski definition) is 6. The van der Waals surface area contributed by atoms with E-state index >= 15 is 0 Å². The van der Waals surface area contributed by atoms with Crippen LogP contribution in [0.15, 0.2) is 66.7 Å². The van der Waals surface area contributed by atoms with Gasteiger partial charge in [-0.1, -0.05) is 24.3 Å². The Balaban J connectivity index is 1.41. The van der Waals surface area contributed by atoms with Gasteiger partial charge in [0.1, 0.15) is 17.2 Å². The van der Waals surface area contributed by atoms with E-state index in [2.05, 4.69) is 30.0 Å². The van der Waals surface area contributed by atoms with Gasteiger partial charge in [-0.15, -0.1) is 0 Å². The summed E-state index contributed by atoms with van der Waals surface area (Å²) in [6.07, 6.45) is 0. The molecule has 0 N–H and O–H groups in total. The first-order valence-electron chi connectivity index (χ1n) is 13.7. The summed E-state index contributed by atoms with van der Waals surface area (Å²) in [5.74, 6) is 1.30. The molecular formula is C32H37N3O5. The van der Waals surface area contributed by atoms with Gasteiger partial charge in [-0.05, 0) is 55.0 Å². The third-order valence-electron chi connectivity index (χ3n) is 8.12. The number of para-hydroxylation sites is 1. The maximum Gasteiger partial charge on any atom is 0.254 e. The molecule has 0 saturated carbocycles. The summed E-state index contributed by atoms with van der Waals surface area (Å²) in [5.41, 5.74) is 3.86. The predicted molar refractivity (Wildman–Crippen MR) is 155 cm³/mol. The highest BCUT2D eigenvalue weighted by atomic mass is 16.5. The van der Waals surface area contributed by atoms with Gasteiger partial charge in [-0.2, -0.15) is 0 Å². The molecule has 2 saturated heterocycles. The van der Waals surface area contributed by atoms with Crippen LogP contribution in [0.5, 0.6) is 17.2 Å². The molecule has 2 fully saturated rings. The molecule has 8 nitrogen and oxygen atoms in total. The highest BCUT2D eigenvalue weighted by molar-refractivity contribution is 5.95. The first-order valence-corrected chi connectivity index (χ1v) is 13.7. The van der Waals surface area contributed by atoms with E-state index in [1.54, 1.807) is 44.4 Å². The van der Waals surface area contributed by atoms with Gasteiger partial charge in [0.25, 0.3) is 5.91 Å². The van der Waals surface area contributed by atoms with E-state index < -0.39 is 5.92 Å². The van der Waals surface area contributed by atoms with Gasteiger partial charge in [-0.3, -0.25) is 9.59 Å². The molecule has 0 bridgehead atoms.